The van der Waals surface area contributed by atoms with Crippen molar-refractivity contribution in [1.82, 2.24) is 4.90 Å². The van der Waals surface area contributed by atoms with Gasteiger partial charge in [-0.1, -0.05) is 55.7 Å². The molecule has 1 aliphatic carbocycles. The predicted molar refractivity (Wildman–Crippen MR) is 130 cm³/mol. The van der Waals surface area contributed by atoms with Gasteiger partial charge in [0.15, 0.2) is 0 Å². The Labute approximate surface area is 201 Å². The van der Waals surface area contributed by atoms with Gasteiger partial charge in [0.1, 0.15) is 6.54 Å². The number of fused-ring (bicyclic) bond motifs is 1. The van der Waals surface area contributed by atoms with Crippen molar-refractivity contribution in [3.63, 3.8) is 0 Å². The molecule has 3 amide bonds. The molecule has 2 aliphatic heterocycles. The highest BCUT2D eigenvalue weighted by Crippen LogP contribution is 2.46. The number of carboxylic acids is 1. The lowest BCUT2D eigenvalue weighted by atomic mass is 9.89. The maximum atomic E-state index is 13.7. The number of aliphatic carboxylic acids is 1. The third-order valence-corrected chi connectivity index (χ3v) is 7.64. The number of carboxylic acid groups (broad SMARTS) is 1. The molecule has 7 nitrogen and oxygen atoms in total. The molecule has 2 aromatic carbocycles. The van der Waals surface area contributed by atoms with Gasteiger partial charge in [-0.3, -0.25) is 24.1 Å². The molecule has 1 saturated carbocycles. The number of carbonyl (C=O) groups excluding carboxylic acids is 3. The van der Waals surface area contributed by atoms with Crippen molar-refractivity contribution < 1.29 is 24.3 Å². The van der Waals surface area contributed by atoms with Crippen molar-refractivity contribution in [1.29, 1.82) is 0 Å². The average molecular weight is 477 g/mol. The molecule has 2 fully saturated rings. The zero-order valence-electron chi connectivity index (χ0n) is 18.5. The minimum atomic E-state index is -1.28. The van der Waals surface area contributed by atoms with Crippen molar-refractivity contribution in [2.75, 3.05) is 18.0 Å². The first-order valence-electron chi connectivity index (χ1n) is 11.5. The van der Waals surface area contributed by atoms with Crippen molar-refractivity contribution >= 4 is 46.0 Å². The van der Waals surface area contributed by atoms with Gasteiger partial charge in [-0.05, 0) is 53.8 Å². The van der Waals surface area contributed by atoms with Gasteiger partial charge in [-0.15, -0.1) is 0 Å². The standard InChI is InChI=1S/C26H24N2O5S/c29-21(30)15-28-25(32)23(34-26(28)33)22-19-13-18(17-9-5-2-6-10-17)11-12-20(19)27(24(22)31)14-16-7-3-1-4-8-16/h2,5-6,9-13,16H,1,3-4,7-8,14-15H2,(H,29,30)/b23-22-. The van der Waals surface area contributed by atoms with Gasteiger partial charge in [0, 0.05) is 12.1 Å². The lowest BCUT2D eigenvalue weighted by Crippen LogP contribution is -2.34. The maximum Gasteiger partial charge on any atom is 0.323 e. The summed E-state index contributed by atoms with van der Waals surface area (Å²) >= 11 is 0.644. The minimum absolute atomic E-state index is 0.00820. The Hall–Kier alpha value is -3.39. The van der Waals surface area contributed by atoms with E-state index < -0.39 is 23.7 Å². The highest BCUT2D eigenvalue weighted by Gasteiger charge is 2.44. The molecule has 1 N–H and O–H groups in total. The number of hydrogen-bond donors (Lipinski definition) is 1. The van der Waals surface area contributed by atoms with Gasteiger partial charge in [-0.25, -0.2) is 0 Å². The molecule has 8 heteroatoms. The van der Waals surface area contributed by atoms with E-state index in [0.29, 0.717) is 34.7 Å². The Kier molecular flexibility index (Phi) is 6.00. The van der Waals surface area contributed by atoms with Gasteiger partial charge in [0.2, 0.25) is 0 Å². The Morgan fingerprint density at radius 3 is 2.35 bits per heavy atom. The zero-order chi connectivity index (χ0) is 23.8. The molecule has 1 saturated heterocycles. The molecule has 0 unspecified atom stereocenters. The highest BCUT2D eigenvalue weighted by molar-refractivity contribution is 8.18. The van der Waals surface area contributed by atoms with Crippen LogP contribution < -0.4 is 4.90 Å². The van der Waals surface area contributed by atoms with E-state index in [1.54, 1.807) is 4.90 Å². The monoisotopic (exact) mass is 476 g/mol. The number of amides is 3. The Morgan fingerprint density at radius 2 is 1.65 bits per heavy atom. The van der Waals surface area contributed by atoms with Gasteiger partial charge in [-0.2, -0.15) is 0 Å². The number of hydrogen-bond acceptors (Lipinski definition) is 5. The molecular weight excluding hydrogens is 452 g/mol. The first-order chi connectivity index (χ1) is 16.4. The van der Waals surface area contributed by atoms with Gasteiger partial charge >= 0.3 is 5.97 Å². The molecule has 0 spiro atoms. The van der Waals surface area contributed by atoms with Crippen molar-refractivity contribution in [3.05, 3.63) is 59.0 Å². The normalized spacial score (nSPS) is 20.9. The van der Waals surface area contributed by atoms with Gasteiger partial charge in [0.25, 0.3) is 17.1 Å². The summed E-state index contributed by atoms with van der Waals surface area (Å²) in [4.78, 5) is 52.8. The number of benzene rings is 2. The first-order valence-corrected chi connectivity index (χ1v) is 12.3. The van der Waals surface area contributed by atoms with Gasteiger partial charge in [0.05, 0.1) is 16.2 Å². The van der Waals surface area contributed by atoms with Crippen molar-refractivity contribution in [3.8, 4) is 11.1 Å². The quantitative estimate of drug-likeness (QED) is 0.625. The van der Waals surface area contributed by atoms with Crippen LogP contribution in [0.1, 0.15) is 37.7 Å². The summed E-state index contributed by atoms with van der Waals surface area (Å²) < 4.78 is 0. The fourth-order valence-electron chi connectivity index (χ4n) is 4.99. The van der Waals surface area contributed by atoms with E-state index in [1.807, 2.05) is 48.5 Å². The number of nitrogens with zero attached hydrogens (tertiary/aromatic N) is 2. The summed E-state index contributed by atoms with van der Waals surface area (Å²) in [6, 6.07) is 15.5. The van der Waals surface area contributed by atoms with E-state index in [4.69, 9.17) is 5.11 Å². The third kappa shape index (κ3) is 4.03. The zero-order valence-corrected chi connectivity index (χ0v) is 19.3. The van der Waals surface area contributed by atoms with Crippen LogP contribution in [0.2, 0.25) is 0 Å². The second-order valence-corrected chi connectivity index (χ2v) is 9.84. The van der Waals surface area contributed by atoms with E-state index >= 15 is 0 Å². The summed E-state index contributed by atoms with van der Waals surface area (Å²) in [5.74, 6) is -1.92. The van der Waals surface area contributed by atoms with E-state index in [9.17, 15) is 19.2 Å². The van der Waals surface area contributed by atoms with E-state index in [0.717, 1.165) is 42.5 Å². The molecule has 2 heterocycles. The van der Waals surface area contributed by atoms with Crippen LogP contribution in [-0.2, 0) is 14.4 Å². The topological polar surface area (TPSA) is 95.0 Å². The Balaban J connectivity index is 1.60. The van der Waals surface area contributed by atoms with Crippen LogP contribution >= 0.6 is 11.8 Å². The number of anilines is 1. The predicted octanol–water partition coefficient (Wildman–Crippen LogP) is 4.77. The largest absolute Gasteiger partial charge is 0.480 e. The Morgan fingerprint density at radius 1 is 0.912 bits per heavy atom. The van der Waals surface area contributed by atoms with Crippen LogP contribution in [0, 0.1) is 5.92 Å². The van der Waals surface area contributed by atoms with Crippen LogP contribution in [0.5, 0.6) is 0 Å². The number of imide groups is 1. The first kappa shape index (κ1) is 22.4. The van der Waals surface area contributed by atoms with E-state index in [1.165, 1.54) is 6.42 Å². The van der Waals surface area contributed by atoms with Crippen LogP contribution in [0.4, 0.5) is 10.5 Å². The molecule has 34 heavy (non-hydrogen) atoms. The minimum Gasteiger partial charge on any atom is -0.480 e. The molecule has 3 aliphatic rings. The second-order valence-electron chi connectivity index (χ2n) is 8.87. The number of thioether (sulfide) groups is 1. The molecule has 5 rings (SSSR count). The van der Waals surface area contributed by atoms with Crippen LogP contribution in [0.25, 0.3) is 16.7 Å². The second kappa shape index (κ2) is 9.10. The van der Waals surface area contributed by atoms with Crippen LogP contribution in [0.15, 0.2) is 53.4 Å². The Bertz CT molecular complexity index is 1220. The SMILES string of the molecule is O=C(O)CN1C(=O)S/C(=C2\C(=O)N(CC3CCCCC3)c3ccc(-c4ccccc4)cc32)C1=O. The number of rotatable bonds is 5. The third-order valence-electron chi connectivity index (χ3n) is 6.66. The number of carbonyl (C=O) groups is 4. The van der Waals surface area contributed by atoms with Crippen LogP contribution in [-0.4, -0.2) is 46.1 Å². The summed E-state index contributed by atoms with van der Waals surface area (Å²) in [6.07, 6.45) is 5.63. The summed E-state index contributed by atoms with van der Waals surface area (Å²) in [5.41, 5.74) is 3.41. The van der Waals surface area contributed by atoms with E-state index in [2.05, 4.69) is 0 Å². The fraction of sp³-hybridized carbons (Fsp3) is 0.308. The summed E-state index contributed by atoms with van der Waals surface area (Å²) in [5, 5.41) is 8.44. The van der Waals surface area contributed by atoms with Crippen LogP contribution in [0.3, 0.4) is 0 Å². The van der Waals surface area contributed by atoms with Gasteiger partial charge < -0.3 is 10.0 Å². The molecule has 0 aromatic heterocycles. The fourth-order valence-corrected chi connectivity index (χ4v) is 5.92. The molecule has 0 atom stereocenters. The molecule has 2 aromatic rings. The smallest absolute Gasteiger partial charge is 0.323 e. The lowest BCUT2D eigenvalue weighted by molar-refractivity contribution is -0.140. The average Bonchev–Trinajstić information content (AvgIpc) is 3.27. The molecule has 174 valence electrons. The highest BCUT2D eigenvalue weighted by atomic mass is 32.2. The molecule has 0 radical (unpaired) electrons. The lowest BCUT2D eigenvalue weighted by Gasteiger charge is -2.27. The maximum absolute atomic E-state index is 13.7. The van der Waals surface area contributed by atoms with E-state index in [-0.39, 0.29) is 16.4 Å². The molecule has 0 bridgehead atoms. The van der Waals surface area contributed by atoms with Crippen molar-refractivity contribution in [2.24, 2.45) is 5.92 Å². The molecular formula is C26H24N2O5S. The summed E-state index contributed by atoms with van der Waals surface area (Å²) in [7, 11) is 0. The van der Waals surface area contributed by atoms with Crippen molar-refractivity contribution in [2.45, 2.75) is 32.1 Å². The summed E-state index contributed by atoms with van der Waals surface area (Å²) in [6.45, 7) is -0.155.